The lowest BCUT2D eigenvalue weighted by atomic mass is 10.00. The number of anilines is 2. The van der Waals surface area contributed by atoms with Gasteiger partial charge in [0.2, 0.25) is 5.88 Å². The van der Waals surface area contributed by atoms with Gasteiger partial charge in [0.15, 0.2) is 0 Å². The molecule has 0 bridgehead atoms. The van der Waals surface area contributed by atoms with E-state index in [4.69, 9.17) is 10.3 Å². The number of nitrogen functional groups attached to an aromatic ring is 1. The lowest BCUT2D eigenvalue weighted by Gasteiger charge is -2.36. The number of piperazine rings is 1. The normalized spacial score (nSPS) is 15.0. The van der Waals surface area contributed by atoms with Crippen LogP contribution >= 0.6 is 0 Å². The molecule has 34 heavy (non-hydrogen) atoms. The molecule has 1 saturated heterocycles. The Balaban J connectivity index is 1.56. The van der Waals surface area contributed by atoms with Gasteiger partial charge in [-0.3, -0.25) is 4.79 Å². The van der Waals surface area contributed by atoms with Crippen LogP contribution in [-0.4, -0.2) is 42.1 Å². The lowest BCUT2D eigenvalue weighted by Crippen LogP contribution is -2.49. The van der Waals surface area contributed by atoms with E-state index in [1.165, 1.54) is 35.2 Å². The SMILES string of the molecule is Nc1onc(-c2ccccc2C(F)(F)F)c1C(=O)N1CCN(c2cccc(C(F)(F)F)c2)CC1. The summed E-state index contributed by atoms with van der Waals surface area (Å²) in [6, 6.07) is 9.46. The third-order valence-electron chi connectivity index (χ3n) is 5.53. The number of carbonyl (C=O) groups is 1. The molecule has 0 aliphatic carbocycles. The third kappa shape index (κ3) is 4.52. The Kier molecular flexibility index (Phi) is 5.92. The van der Waals surface area contributed by atoms with Gasteiger partial charge in [-0.05, 0) is 24.3 Å². The molecule has 1 aromatic heterocycles. The number of hydrogen-bond donors (Lipinski definition) is 1. The number of carbonyl (C=O) groups excluding carboxylic acids is 1. The molecule has 0 spiro atoms. The van der Waals surface area contributed by atoms with Crippen molar-refractivity contribution in [1.82, 2.24) is 10.1 Å². The summed E-state index contributed by atoms with van der Waals surface area (Å²) in [5, 5.41) is 3.61. The third-order valence-corrected chi connectivity index (χ3v) is 5.53. The van der Waals surface area contributed by atoms with E-state index in [2.05, 4.69) is 5.16 Å². The average molecular weight is 484 g/mol. The molecule has 6 nitrogen and oxygen atoms in total. The van der Waals surface area contributed by atoms with Crippen molar-refractivity contribution in [1.29, 1.82) is 0 Å². The van der Waals surface area contributed by atoms with Crippen molar-refractivity contribution >= 4 is 17.5 Å². The molecule has 2 heterocycles. The highest BCUT2D eigenvalue weighted by atomic mass is 19.4. The molecule has 0 unspecified atom stereocenters. The fraction of sp³-hybridized carbons (Fsp3) is 0.273. The number of rotatable bonds is 3. The zero-order valence-electron chi connectivity index (χ0n) is 17.5. The van der Waals surface area contributed by atoms with Gasteiger partial charge in [0.25, 0.3) is 5.91 Å². The molecule has 180 valence electrons. The molecule has 0 radical (unpaired) electrons. The molecule has 1 aliphatic rings. The molecule has 0 saturated carbocycles. The van der Waals surface area contributed by atoms with Crippen molar-refractivity contribution in [3.8, 4) is 11.3 Å². The lowest BCUT2D eigenvalue weighted by molar-refractivity contribution is -0.138. The average Bonchev–Trinajstić information content (AvgIpc) is 3.19. The fourth-order valence-corrected chi connectivity index (χ4v) is 3.83. The second kappa shape index (κ2) is 8.58. The summed E-state index contributed by atoms with van der Waals surface area (Å²) in [6.07, 6.45) is -9.18. The first-order valence-electron chi connectivity index (χ1n) is 10.1. The topological polar surface area (TPSA) is 75.6 Å². The van der Waals surface area contributed by atoms with Crippen LogP contribution in [-0.2, 0) is 12.4 Å². The van der Waals surface area contributed by atoms with E-state index in [0.29, 0.717) is 5.69 Å². The number of amides is 1. The summed E-state index contributed by atoms with van der Waals surface area (Å²) in [4.78, 5) is 16.2. The smallest absolute Gasteiger partial charge is 0.368 e. The van der Waals surface area contributed by atoms with E-state index in [0.717, 1.165) is 18.2 Å². The largest absolute Gasteiger partial charge is 0.417 e. The zero-order chi connectivity index (χ0) is 24.7. The van der Waals surface area contributed by atoms with Gasteiger partial charge in [-0.15, -0.1) is 0 Å². The highest BCUT2D eigenvalue weighted by Gasteiger charge is 2.37. The van der Waals surface area contributed by atoms with E-state index >= 15 is 0 Å². The molecule has 1 fully saturated rings. The summed E-state index contributed by atoms with van der Waals surface area (Å²) in [7, 11) is 0. The highest BCUT2D eigenvalue weighted by Crippen LogP contribution is 2.39. The van der Waals surface area contributed by atoms with Crippen LogP contribution in [0.5, 0.6) is 0 Å². The second-order valence-electron chi connectivity index (χ2n) is 7.64. The Hall–Kier alpha value is -3.70. The predicted molar refractivity (Wildman–Crippen MR) is 111 cm³/mol. The first-order chi connectivity index (χ1) is 16.0. The van der Waals surface area contributed by atoms with Crippen molar-refractivity contribution in [2.75, 3.05) is 36.8 Å². The van der Waals surface area contributed by atoms with Crippen LogP contribution in [0.3, 0.4) is 0 Å². The maximum Gasteiger partial charge on any atom is 0.417 e. The van der Waals surface area contributed by atoms with Crippen LogP contribution in [0.1, 0.15) is 21.5 Å². The second-order valence-corrected chi connectivity index (χ2v) is 7.64. The van der Waals surface area contributed by atoms with E-state index in [-0.39, 0.29) is 43.0 Å². The molecule has 1 aliphatic heterocycles. The number of aromatic nitrogens is 1. The van der Waals surface area contributed by atoms with E-state index in [1.807, 2.05) is 0 Å². The van der Waals surface area contributed by atoms with Gasteiger partial charge in [-0.1, -0.05) is 29.4 Å². The number of halogens is 6. The van der Waals surface area contributed by atoms with Crippen LogP contribution in [0.15, 0.2) is 53.1 Å². The molecular formula is C22H18F6N4O2. The summed E-state index contributed by atoms with van der Waals surface area (Å²) < 4.78 is 84.3. The van der Waals surface area contributed by atoms with Crippen LogP contribution in [0.25, 0.3) is 11.3 Å². The summed E-state index contributed by atoms with van der Waals surface area (Å²) in [6.45, 7) is 0.652. The Morgan fingerprint density at radius 2 is 1.59 bits per heavy atom. The summed E-state index contributed by atoms with van der Waals surface area (Å²) >= 11 is 0. The number of alkyl halides is 6. The number of benzene rings is 2. The zero-order valence-corrected chi connectivity index (χ0v) is 17.5. The van der Waals surface area contributed by atoms with Gasteiger partial charge in [-0.2, -0.15) is 26.3 Å². The van der Waals surface area contributed by atoms with Gasteiger partial charge < -0.3 is 20.1 Å². The van der Waals surface area contributed by atoms with Crippen molar-refractivity contribution in [3.05, 3.63) is 65.2 Å². The molecule has 1 amide bonds. The molecule has 0 atom stereocenters. The monoisotopic (exact) mass is 484 g/mol. The maximum atomic E-state index is 13.5. The van der Waals surface area contributed by atoms with Crippen LogP contribution in [0, 0.1) is 0 Å². The Morgan fingerprint density at radius 1 is 0.912 bits per heavy atom. The Labute approximate surface area is 189 Å². The maximum absolute atomic E-state index is 13.5. The van der Waals surface area contributed by atoms with E-state index in [1.54, 1.807) is 4.90 Å². The van der Waals surface area contributed by atoms with Crippen LogP contribution < -0.4 is 10.6 Å². The Bertz CT molecular complexity index is 1200. The number of nitrogens with zero attached hydrogens (tertiary/aromatic N) is 3. The fourth-order valence-electron chi connectivity index (χ4n) is 3.83. The van der Waals surface area contributed by atoms with E-state index < -0.39 is 35.3 Å². The van der Waals surface area contributed by atoms with Gasteiger partial charge >= 0.3 is 12.4 Å². The van der Waals surface area contributed by atoms with Crippen molar-refractivity contribution < 1.29 is 35.7 Å². The molecule has 4 rings (SSSR count). The highest BCUT2D eigenvalue weighted by molar-refractivity contribution is 6.04. The number of nitrogens with two attached hydrogens (primary N) is 1. The molecule has 3 aromatic rings. The van der Waals surface area contributed by atoms with Crippen molar-refractivity contribution in [2.24, 2.45) is 0 Å². The van der Waals surface area contributed by atoms with Crippen molar-refractivity contribution in [2.45, 2.75) is 12.4 Å². The first-order valence-corrected chi connectivity index (χ1v) is 10.1. The molecule has 2 aromatic carbocycles. The Morgan fingerprint density at radius 3 is 2.24 bits per heavy atom. The summed E-state index contributed by atoms with van der Waals surface area (Å²) in [5.74, 6) is -1.09. The molecule has 2 N–H and O–H groups in total. The van der Waals surface area contributed by atoms with Gasteiger partial charge in [0.1, 0.15) is 11.3 Å². The van der Waals surface area contributed by atoms with Gasteiger partial charge in [-0.25, -0.2) is 0 Å². The number of hydrogen-bond acceptors (Lipinski definition) is 5. The van der Waals surface area contributed by atoms with Gasteiger partial charge in [0, 0.05) is 37.4 Å². The molecular weight excluding hydrogens is 466 g/mol. The standard InChI is InChI=1S/C22H18F6N4O2/c23-21(24,25)13-4-3-5-14(12-13)31-8-10-32(11-9-31)20(33)17-18(30-34-19(17)29)15-6-1-2-7-16(15)22(26,27)28/h1-7,12H,8-11,29H2. The minimum atomic E-state index is -4.69. The van der Waals surface area contributed by atoms with Crippen LogP contribution in [0.4, 0.5) is 37.9 Å². The first kappa shape index (κ1) is 23.5. The van der Waals surface area contributed by atoms with Gasteiger partial charge in [0.05, 0.1) is 11.1 Å². The summed E-state index contributed by atoms with van der Waals surface area (Å²) in [5.41, 5.74) is 3.36. The minimum absolute atomic E-state index is 0.111. The molecule has 12 heteroatoms. The van der Waals surface area contributed by atoms with Crippen LogP contribution in [0.2, 0.25) is 0 Å². The quantitative estimate of drug-likeness (QED) is 0.534. The van der Waals surface area contributed by atoms with Crippen molar-refractivity contribution in [3.63, 3.8) is 0 Å². The van der Waals surface area contributed by atoms with E-state index in [9.17, 15) is 31.1 Å². The minimum Gasteiger partial charge on any atom is -0.368 e. The predicted octanol–water partition coefficient (Wildman–Crippen LogP) is 4.92.